The van der Waals surface area contributed by atoms with Crippen LogP contribution in [-0.2, 0) is 0 Å². The van der Waals surface area contributed by atoms with Crippen molar-refractivity contribution >= 4 is 0 Å². The summed E-state index contributed by atoms with van der Waals surface area (Å²) in [5.41, 5.74) is 0. The van der Waals surface area contributed by atoms with Gasteiger partial charge >= 0.3 is 0 Å². The van der Waals surface area contributed by atoms with Crippen molar-refractivity contribution in [2.45, 2.75) is 18.5 Å². The first-order valence-corrected chi connectivity index (χ1v) is 3.74. The van der Waals surface area contributed by atoms with Gasteiger partial charge in [0.05, 0.1) is 6.61 Å². The molecule has 1 aliphatic rings. The maximum Gasteiger partial charge on any atom is 0.0585 e. The molecule has 0 aromatic heterocycles. The van der Waals surface area contributed by atoms with Gasteiger partial charge in [0, 0.05) is 18.6 Å². The largest absolute Gasteiger partial charge is 0.395 e. The highest BCUT2D eigenvalue weighted by molar-refractivity contribution is 4.85. The molecule has 0 radical (unpaired) electrons. The van der Waals surface area contributed by atoms with E-state index in [0.717, 1.165) is 13.0 Å². The molecular weight excluding hydrogens is 128 g/mol. The highest BCUT2D eigenvalue weighted by Crippen LogP contribution is 2.09. The molecule has 1 saturated heterocycles. The van der Waals surface area contributed by atoms with Gasteiger partial charge in [-0.15, -0.1) is 0 Å². The second-order valence-electron chi connectivity index (χ2n) is 3.14. The molecule has 10 heavy (non-hydrogen) atoms. The SMILES string of the molecule is CN(C)[C@@H]1CN[C@H](CO)C1. The Morgan fingerprint density at radius 3 is 2.60 bits per heavy atom. The Hall–Kier alpha value is -0.120. The summed E-state index contributed by atoms with van der Waals surface area (Å²) in [4.78, 5) is 2.20. The third-order valence-electron chi connectivity index (χ3n) is 2.15. The summed E-state index contributed by atoms with van der Waals surface area (Å²) in [6.45, 7) is 1.28. The van der Waals surface area contributed by atoms with Crippen molar-refractivity contribution in [3.63, 3.8) is 0 Å². The number of aliphatic hydroxyl groups excluding tert-OH is 1. The van der Waals surface area contributed by atoms with Gasteiger partial charge in [0.25, 0.3) is 0 Å². The van der Waals surface area contributed by atoms with Crippen LogP contribution in [0.5, 0.6) is 0 Å². The summed E-state index contributed by atoms with van der Waals surface area (Å²) in [6.07, 6.45) is 1.07. The number of aliphatic hydroxyl groups is 1. The maximum absolute atomic E-state index is 8.78. The van der Waals surface area contributed by atoms with E-state index in [-0.39, 0.29) is 6.61 Å². The first-order chi connectivity index (χ1) is 4.74. The smallest absolute Gasteiger partial charge is 0.0585 e. The van der Waals surface area contributed by atoms with Crippen LogP contribution in [0.25, 0.3) is 0 Å². The zero-order valence-corrected chi connectivity index (χ0v) is 6.67. The molecule has 2 N–H and O–H groups in total. The minimum atomic E-state index is 0.268. The molecule has 0 saturated carbocycles. The first kappa shape index (κ1) is 7.98. The van der Waals surface area contributed by atoms with E-state index in [2.05, 4.69) is 24.3 Å². The van der Waals surface area contributed by atoms with Crippen LogP contribution in [0.3, 0.4) is 0 Å². The fourth-order valence-corrected chi connectivity index (χ4v) is 1.33. The minimum Gasteiger partial charge on any atom is -0.395 e. The second kappa shape index (κ2) is 3.32. The number of nitrogens with one attached hydrogen (secondary N) is 1. The first-order valence-electron chi connectivity index (χ1n) is 3.74. The average molecular weight is 144 g/mol. The Bertz CT molecular complexity index is 106. The zero-order chi connectivity index (χ0) is 7.56. The summed E-state index contributed by atoms with van der Waals surface area (Å²) in [7, 11) is 4.15. The van der Waals surface area contributed by atoms with Gasteiger partial charge in [-0.1, -0.05) is 0 Å². The van der Waals surface area contributed by atoms with Crippen LogP contribution in [0.1, 0.15) is 6.42 Å². The number of hydrogen-bond acceptors (Lipinski definition) is 3. The summed E-state index contributed by atoms with van der Waals surface area (Å²) in [5, 5.41) is 12.0. The van der Waals surface area contributed by atoms with Gasteiger partial charge in [0.15, 0.2) is 0 Å². The molecule has 1 heterocycles. The van der Waals surface area contributed by atoms with Gasteiger partial charge in [0.2, 0.25) is 0 Å². The van der Waals surface area contributed by atoms with E-state index in [9.17, 15) is 0 Å². The molecule has 0 aromatic carbocycles. The van der Waals surface area contributed by atoms with Crippen LogP contribution in [0.15, 0.2) is 0 Å². The highest BCUT2D eigenvalue weighted by Gasteiger charge is 2.24. The fraction of sp³-hybridized carbons (Fsp3) is 1.00. The van der Waals surface area contributed by atoms with Gasteiger partial charge in [-0.25, -0.2) is 0 Å². The van der Waals surface area contributed by atoms with E-state index < -0.39 is 0 Å². The van der Waals surface area contributed by atoms with E-state index >= 15 is 0 Å². The van der Waals surface area contributed by atoms with Crippen molar-refractivity contribution in [1.82, 2.24) is 10.2 Å². The molecule has 3 heteroatoms. The standard InChI is InChI=1S/C7H16N2O/c1-9(2)7-3-6(5-10)8-4-7/h6-8,10H,3-5H2,1-2H3/t6-,7-/m0/s1. The topological polar surface area (TPSA) is 35.5 Å². The maximum atomic E-state index is 8.78. The van der Waals surface area contributed by atoms with Gasteiger partial charge in [-0.05, 0) is 20.5 Å². The molecule has 0 aliphatic carbocycles. The number of hydrogen-bond donors (Lipinski definition) is 2. The molecule has 0 unspecified atom stereocenters. The lowest BCUT2D eigenvalue weighted by atomic mass is 10.2. The molecule has 1 fully saturated rings. The van der Waals surface area contributed by atoms with E-state index in [4.69, 9.17) is 5.11 Å². The molecular formula is C7H16N2O. The third-order valence-corrected chi connectivity index (χ3v) is 2.15. The van der Waals surface area contributed by atoms with Crippen LogP contribution in [-0.4, -0.2) is 49.3 Å². The molecule has 0 bridgehead atoms. The molecule has 60 valence electrons. The average Bonchev–Trinajstić information content (AvgIpc) is 2.34. The van der Waals surface area contributed by atoms with Crippen molar-refractivity contribution in [1.29, 1.82) is 0 Å². The summed E-state index contributed by atoms with van der Waals surface area (Å²) < 4.78 is 0. The summed E-state index contributed by atoms with van der Waals surface area (Å²) in [5.74, 6) is 0. The van der Waals surface area contributed by atoms with Crippen molar-refractivity contribution in [3.05, 3.63) is 0 Å². The van der Waals surface area contributed by atoms with Gasteiger partial charge in [0.1, 0.15) is 0 Å². The Morgan fingerprint density at radius 1 is 1.60 bits per heavy atom. The lowest BCUT2D eigenvalue weighted by Crippen LogP contribution is -2.29. The fourth-order valence-electron chi connectivity index (χ4n) is 1.33. The van der Waals surface area contributed by atoms with Crippen molar-refractivity contribution in [2.24, 2.45) is 0 Å². The summed E-state index contributed by atoms with van der Waals surface area (Å²) in [6, 6.07) is 0.935. The highest BCUT2D eigenvalue weighted by atomic mass is 16.3. The van der Waals surface area contributed by atoms with Gasteiger partial charge in [-0.2, -0.15) is 0 Å². The van der Waals surface area contributed by atoms with Crippen molar-refractivity contribution in [2.75, 3.05) is 27.2 Å². The predicted molar refractivity (Wildman–Crippen MR) is 41.0 cm³/mol. The molecule has 2 atom stereocenters. The summed E-state index contributed by atoms with van der Waals surface area (Å²) >= 11 is 0. The molecule has 3 nitrogen and oxygen atoms in total. The number of likely N-dealkylation sites (N-methyl/N-ethyl adjacent to an activating group) is 1. The second-order valence-corrected chi connectivity index (χ2v) is 3.14. The minimum absolute atomic E-state index is 0.268. The third kappa shape index (κ3) is 1.68. The molecule has 0 amide bonds. The van der Waals surface area contributed by atoms with Crippen LogP contribution in [0.4, 0.5) is 0 Å². The van der Waals surface area contributed by atoms with E-state index in [0.29, 0.717) is 12.1 Å². The van der Waals surface area contributed by atoms with Crippen LogP contribution >= 0.6 is 0 Å². The lowest BCUT2D eigenvalue weighted by Gasteiger charge is -2.17. The van der Waals surface area contributed by atoms with Gasteiger partial charge in [-0.3, -0.25) is 0 Å². The molecule has 1 aliphatic heterocycles. The number of rotatable bonds is 2. The van der Waals surface area contributed by atoms with Crippen molar-refractivity contribution in [3.8, 4) is 0 Å². The lowest BCUT2D eigenvalue weighted by molar-refractivity contribution is 0.245. The Labute approximate surface area is 62.0 Å². The van der Waals surface area contributed by atoms with E-state index in [1.165, 1.54) is 0 Å². The Balaban J connectivity index is 2.28. The number of nitrogens with zero attached hydrogens (tertiary/aromatic N) is 1. The van der Waals surface area contributed by atoms with Crippen LogP contribution < -0.4 is 5.32 Å². The normalized spacial score (nSPS) is 33.6. The predicted octanol–water partition coefficient (Wildman–Crippen LogP) is -0.729. The molecule has 0 aromatic rings. The van der Waals surface area contributed by atoms with Crippen LogP contribution in [0, 0.1) is 0 Å². The van der Waals surface area contributed by atoms with Crippen LogP contribution in [0.2, 0.25) is 0 Å². The van der Waals surface area contributed by atoms with Crippen molar-refractivity contribution < 1.29 is 5.11 Å². The monoisotopic (exact) mass is 144 g/mol. The zero-order valence-electron chi connectivity index (χ0n) is 6.67. The quantitative estimate of drug-likeness (QED) is 0.536. The Morgan fingerprint density at radius 2 is 2.30 bits per heavy atom. The molecule has 0 spiro atoms. The van der Waals surface area contributed by atoms with E-state index in [1.54, 1.807) is 0 Å². The Kier molecular flexibility index (Phi) is 2.65. The molecule has 1 rings (SSSR count). The van der Waals surface area contributed by atoms with Gasteiger partial charge < -0.3 is 15.3 Å². The van der Waals surface area contributed by atoms with E-state index in [1.807, 2.05) is 0 Å².